The van der Waals surface area contributed by atoms with E-state index in [1.807, 2.05) is 36.4 Å². The minimum atomic E-state index is -0.886. The molecule has 0 heterocycles. The van der Waals surface area contributed by atoms with Crippen LogP contribution in [0.1, 0.15) is 24.0 Å². The second-order valence-corrected chi connectivity index (χ2v) is 6.52. The average molecular weight is 391 g/mol. The molecule has 7 heteroatoms. The van der Waals surface area contributed by atoms with E-state index in [4.69, 9.17) is 21.4 Å². The lowest BCUT2D eigenvalue weighted by Gasteiger charge is -2.19. The van der Waals surface area contributed by atoms with Crippen LogP contribution >= 0.6 is 11.6 Å². The zero-order valence-corrected chi connectivity index (χ0v) is 15.8. The first-order chi connectivity index (χ1) is 13.0. The summed E-state index contributed by atoms with van der Waals surface area (Å²) in [7, 11) is 1.54. The Balaban J connectivity index is 1.91. The number of urea groups is 1. The molecule has 0 radical (unpaired) electrons. The lowest BCUT2D eigenvalue weighted by Crippen LogP contribution is -2.43. The summed E-state index contributed by atoms with van der Waals surface area (Å²) in [6, 6.07) is 14.3. The van der Waals surface area contributed by atoms with Gasteiger partial charge in [0, 0.05) is 19.0 Å². The van der Waals surface area contributed by atoms with Crippen molar-refractivity contribution in [3.63, 3.8) is 0 Å². The van der Waals surface area contributed by atoms with E-state index in [1.54, 1.807) is 12.1 Å². The van der Waals surface area contributed by atoms with Crippen LogP contribution in [-0.2, 0) is 17.8 Å². The van der Waals surface area contributed by atoms with Crippen molar-refractivity contribution >= 4 is 23.6 Å². The normalized spacial score (nSPS) is 11.5. The molecular formula is C20H23ClN2O4. The zero-order chi connectivity index (χ0) is 19.6. The summed E-state index contributed by atoms with van der Waals surface area (Å²) in [6.45, 7) is 0.298. The number of carboxylic acids is 1. The fourth-order valence-corrected chi connectivity index (χ4v) is 2.94. The highest BCUT2D eigenvalue weighted by atomic mass is 35.5. The van der Waals surface area contributed by atoms with E-state index in [0.717, 1.165) is 11.1 Å². The molecule has 6 nitrogen and oxygen atoms in total. The number of methoxy groups -OCH3 is 1. The Kier molecular flexibility index (Phi) is 7.95. The Hall–Kier alpha value is -2.73. The first-order valence-electron chi connectivity index (χ1n) is 8.60. The van der Waals surface area contributed by atoms with Gasteiger partial charge in [-0.15, -0.1) is 0 Å². The molecule has 0 fully saturated rings. The van der Waals surface area contributed by atoms with Crippen LogP contribution in [0, 0.1) is 0 Å². The van der Waals surface area contributed by atoms with Gasteiger partial charge in [-0.2, -0.15) is 0 Å². The molecule has 1 unspecified atom stereocenters. The van der Waals surface area contributed by atoms with Gasteiger partial charge in [0.15, 0.2) is 0 Å². The van der Waals surface area contributed by atoms with Crippen LogP contribution in [0.5, 0.6) is 5.75 Å². The number of hydrogen-bond donors (Lipinski definition) is 3. The fourth-order valence-electron chi connectivity index (χ4n) is 2.66. The van der Waals surface area contributed by atoms with Crippen LogP contribution in [0.4, 0.5) is 4.79 Å². The number of carbonyl (C=O) groups is 2. The van der Waals surface area contributed by atoms with E-state index in [-0.39, 0.29) is 18.5 Å². The van der Waals surface area contributed by atoms with Crippen molar-refractivity contribution in [1.29, 1.82) is 0 Å². The van der Waals surface area contributed by atoms with Crippen LogP contribution in [0.3, 0.4) is 0 Å². The summed E-state index contributed by atoms with van der Waals surface area (Å²) in [5, 5.41) is 15.0. The highest BCUT2D eigenvalue weighted by molar-refractivity contribution is 6.32. The Morgan fingerprint density at radius 1 is 1.15 bits per heavy atom. The smallest absolute Gasteiger partial charge is 0.315 e. The third-order valence-electron chi connectivity index (χ3n) is 4.04. The van der Waals surface area contributed by atoms with Crippen molar-refractivity contribution in [1.82, 2.24) is 10.6 Å². The summed E-state index contributed by atoms with van der Waals surface area (Å²) in [4.78, 5) is 23.1. The van der Waals surface area contributed by atoms with Gasteiger partial charge < -0.3 is 20.5 Å². The molecule has 2 rings (SSSR count). The van der Waals surface area contributed by atoms with E-state index < -0.39 is 5.97 Å². The number of benzene rings is 2. The average Bonchev–Trinajstić information content (AvgIpc) is 2.65. The molecule has 1 atom stereocenters. The van der Waals surface area contributed by atoms with Crippen LogP contribution in [0.15, 0.2) is 48.5 Å². The number of ether oxygens (including phenoxy) is 1. The number of hydrogen-bond acceptors (Lipinski definition) is 3. The topological polar surface area (TPSA) is 87.7 Å². The van der Waals surface area contributed by atoms with Gasteiger partial charge in [-0.1, -0.05) is 48.0 Å². The molecule has 0 aliphatic heterocycles. The molecule has 2 aromatic carbocycles. The minimum absolute atomic E-state index is 0.00807. The maximum atomic E-state index is 12.2. The van der Waals surface area contributed by atoms with E-state index in [2.05, 4.69) is 10.6 Å². The number of nitrogens with one attached hydrogen (secondary N) is 2. The number of halogens is 1. The monoisotopic (exact) mass is 390 g/mol. The van der Waals surface area contributed by atoms with Crippen LogP contribution < -0.4 is 15.4 Å². The molecule has 0 spiro atoms. The second-order valence-electron chi connectivity index (χ2n) is 6.11. The standard InChI is InChI=1S/C20H23ClN2O4/c1-27-18-9-7-15(12-17(18)21)13-22-20(26)23-16(8-10-19(24)25)11-14-5-3-2-4-6-14/h2-7,9,12,16H,8,10-11,13H2,1H3,(H,24,25)(H2,22,23,26). The Bertz CT molecular complexity index is 768. The first kappa shape index (κ1) is 20.6. The van der Waals surface area contributed by atoms with Crippen molar-refractivity contribution in [2.45, 2.75) is 31.8 Å². The number of carboxylic acid groups (broad SMARTS) is 1. The number of carbonyl (C=O) groups excluding carboxylic acids is 1. The first-order valence-corrected chi connectivity index (χ1v) is 8.98. The van der Waals surface area contributed by atoms with Gasteiger partial charge in [0.1, 0.15) is 5.75 Å². The summed E-state index contributed by atoms with van der Waals surface area (Å²) in [6.07, 6.45) is 0.910. The molecular weight excluding hydrogens is 368 g/mol. The Morgan fingerprint density at radius 2 is 1.89 bits per heavy atom. The predicted octanol–water partition coefficient (Wildman–Crippen LogP) is 3.62. The van der Waals surface area contributed by atoms with Crippen molar-refractivity contribution in [3.8, 4) is 5.75 Å². The third kappa shape index (κ3) is 7.19. The van der Waals surface area contributed by atoms with Gasteiger partial charge in [0.25, 0.3) is 0 Å². The van der Waals surface area contributed by atoms with Crippen molar-refractivity contribution < 1.29 is 19.4 Å². The highest BCUT2D eigenvalue weighted by Crippen LogP contribution is 2.24. The summed E-state index contributed by atoms with van der Waals surface area (Å²) >= 11 is 6.08. The van der Waals surface area contributed by atoms with Gasteiger partial charge >= 0.3 is 12.0 Å². The van der Waals surface area contributed by atoms with Gasteiger partial charge in [-0.25, -0.2) is 4.79 Å². The van der Waals surface area contributed by atoms with Crippen LogP contribution in [0.2, 0.25) is 5.02 Å². The molecule has 0 aromatic heterocycles. The lowest BCUT2D eigenvalue weighted by molar-refractivity contribution is -0.137. The maximum Gasteiger partial charge on any atom is 0.315 e. The Morgan fingerprint density at radius 3 is 2.52 bits per heavy atom. The van der Waals surface area contributed by atoms with Gasteiger partial charge in [-0.05, 0) is 36.1 Å². The zero-order valence-electron chi connectivity index (χ0n) is 15.1. The lowest BCUT2D eigenvalue weighted by atomic mass is 10.0. The molecule has 0 bridgehead atoms. The Labute approximate surface area is 163 Å². The number of rotatable bonds is 9. The van der Waals surface area contributed by atoms with Gasteiger partial charge in [-0.3, -0.25) is 4.79 Å². The summed E-state index contributed by atoms with van der Waals surface area (Å²) < 4.78 is 5.10. The van der Waals surface area contributed by atoms with Crippen molar-refractivity contribution in [3.05, 3.63) is 64.7 Å². The summed E-state index contributed by atoms with van der Waals surface area (Å²) in [5.74, 6) is -0.315. The minimum Gasteiger partial charge on any atom is -0.495 e. The van der Waals surface area contributed by atoms with Gasteiger partial charge in [0.05, 0.1) is 12.1 Å². The van der Waals surface area contributed by atoms with Crippen molar-refractivity contribution in [2.75, 3.05) is 7.11 Å². The molecule has 144 valence electrons. The molecule has 2 aromatic rings. The summed E-state index contributed by atoms with van der Waals surface area (Å²) in [5.41, 5.74) is 1.87. The van der Waals surface area contributed by atoms with Crippen molar-refractivity contribution in [2.24, 2.45) is 0 Å². The highest BCUT2D eigenvalue weighted by Gasteiger charge is 2.15. The predicted molar refractivity (Wildman–Crippen MR) is 104 cm³/mol. The fraction of sp³-hybridized carbons (Fsp3) is 0.300. The van der Waals surface area contributed by atoms with Crippen LogP contribution in [0.25, 0.3) is 0 Å². The van der Waals surface area contributed by atoms with Gasteiger partial charge in [0.2, 0.25) is 0 Å². The maximum absolute atomic E-state index is 12.2. The molecule has 27 heavy (non-hydrogen) atoms. The van der Waals surface area contributed by atoms with E-state index in [1.165, 1.54) is 7.11 Å². The van der Waals surface area contributed by atoms with E-state index in [0.29, 0.717) is 30.2 Å². The van der Waals surface area contributed by atoms with E-state index >= 15 is 0 Å². The van der Waals surface area contributed by atoms with E-state index in [9.17, 15) is 9.59 Å². The molecule has 0 saturated heterocycles. The molecule has 0 aliphatic rings. The third-order valence-corrected chi connectivity index (χ3v) is 4.33. The largest absolute Gasteiger partial charge is 0.495 e. The van der Waals surface area contributed by atoms with Crippen LogP contribution in [-0.4, -0.2) is 30.3 Å². The molecule has 3 N–H and O–H groups in total. The number of amides is 2. The molecule has 0 saturated carbocycles. The molecule has 0 aliphatic carbocycles. The SMILES string of the molecule is COc1ccc(CNC(=O)NC(CCC(=O)O)Cc2ccccc2)cc1Cl. The quantitative estimate of drug-likeness (QED) is 0.610. The second kappa shape index (κ2) is 10.4. The number of aliphatic carboxylic acids is 1. The molecule has 2 amide bonds.